The average molecular weight is 546 g/mol. The molecule has 3 heterocycles. The minimum absolute atomic E-state index is 0.00622. The summed E-state index contributed by atoms with van der Waals surface area (Å²) in [6.07, 6.45) is 1.79. The van der Waals surface area contributed by atoms with Crippen LogP contribution < -0.4 is 14.4 Å². The van der Waals surface area contributed by atoms with Crippen molar-refractivity contribution in [2.45, 2.75) is 18.9 Å². The summed E-state index contributed by atoms with van der Waals surface area (Å²) in [5.41, 5.74) is 2.24. The number of nitrogens with zero attached hydrogens (tertiary/aromatic N) is 5. The molecule has 0 radical (unpaired) electrons. The predicted molar refractivity (Wildman–Crippen MR) is 151 cm³/mol. The second-order valence-corrected chi connectivity index (χ2v) is 9.93. The van der Waals surface area contributed by atoms with E-state index in [0.717, 1.165) is 35.7 Å². The highest BCUT2D eigenvalue weighted by Crippen LogP contribution is 2.23. The lowest BCUT2D eigenvalue weighted by atomic mass is 10.1. The van der Waals surface area contributed by atoms with E-state index in [4.69, 9.17) is 14.2 Å². The summed E-state index contributed by atoms with van der Waals surface area (Å²) in [6, 6.07) is 18.6. The molecule has 2 aromatic carbocycles. The quantitative estimate of drug-likeness (QED) is 0.405. The van der Waals surface area contributed by atoms with Crippen LogP contribution in [-0.2, 0) is 9.53 Å². The molecule has 1 aromatic heterocycles. The lowest BCUT2D eigenvalue weighted by molar-refractivity contribution is -0.132. The van der Waals surface area contributed by atoms with Crippen LogP contribution >= 0.6 is 0 Å². The summed E-state index contributed by atoms with van der Waals surface area (Å²) in [4.78, 5) is 32.3. The number of aromatic nitrogens is 2. The molecule has 2 aliphatic heterocycles. The number of rotatable bonds is 9. The first-order valence-electron chi connectivity index (χ1n) is 13.6. The van der Waals surface area contributed by atoms with E-state index in [0.29, 0.717) is 50.6 Å². The van der Waals surface area contributed by atoms with Crippen LogP contribution in [0.15, 0.2) is 60.7 Å². The smallest absolute Gasteiger partial charge is 0.254 e. The maximum Gasteiger partial charge on any atom is 0.254 e. The van der Waals surface area contributed by atoms with E-state index in [9.17, 15) is 9.59 Å². The molecule has 0 N–H and O–H groups in total. The van der Waals surface area contributed by atoms with Crippen LogP contribution in [0.1, 0.15) is 23.2 Å². The molecular formula is C30H35N5O5. The minimum Gasteiger partial charge on any atom is -0.497 e. The molecule has 10 nitrogen and oxygen atoms in total. The van der Waals surface area contributed by atoms with Crippen LogP contribution in [0.5, 0.6) is 11.5 Å². The van der Waals surface area contributed by atoms with Gasteiger partial charge < -0.3 is 28.9 Å². The zero-order valence-corrected chi connectivity index (χ0v) is 23.0. The second-order valence-electron chi connectivity index (χ2n) is 9.93. The Morgan fingerprint density at radius 3 is 2.38 bits per heavy atom. The molecule has 10 heteroatoms. The fourth-order valence-corrected chi connectivity index (χ4v) is 5.05. The monoisotopic (exact) mass is 545 g/mol. The van der Waals surface area contributed by atoms with Crippen LogP contribution in [0.4, 0.5) is 5.82 Å². The molecule has 2 fully saturated rings. The van der Waals surface area contributed by atoms with Crippen LogP contribution in [-0.4, -0.2) is 98.0 Å². The van der Waals surface area contributed by atoms with Crippen molar-refractivity contribution in [1.82, 2.24) is 20.0 Å². The lowest BCUT2D eigenvalue weighted by Crippen LogP contribution is -2.52. The van der Waals surface area contributed by atoms with Crippen molar-refractivity contribution in [2.24, 2.45) is 0 Å². The molecule has 0 aliphatic carbocycles. The fraction of sp³-hybridized carbons (Fsp3) is 0.400. The molecule has 0 spiro atoms. The Morgan fingerprint density at radius 1 is 0.950 bits per heavy atom. The molecule has 0 bridgehead atoms. The summed E-state index contributed by atoms with van der Waals surface area (Å²) in [7, 11) is 3.21. The Bertz CT molecular complexity index is 1290. The molecule has 2 amide bonds. The number of hydrogen-bond acceptors (Lipinski definition) is 8. The highest BCUT2D eigenvalue weighted by atomic mass is 16.5. The first-order valence-corrected chi connectivity index (χ1v) is 13.6. The van der Waals surface area contributed by atoms with Gasteiger partial charge in [-0.15, -0.1) is 10.2 Å². The zero-order valence-electron chi connectivity index (χ0n) is 23.0. The number of ether oxygens (including phenoxy) is 3. The number of benzene rings is 2. The molecule has 2 saturated heterocycles. The Morgan fingerprint density at radius 2 is 1.73 bits per heavy atom. The molecule has 210 valence electrons. The normalized spacial score (nSPS) is 17.0. The third-order valence-electron chi connectivity index (χ3n) is 7.37. The Balaban J connectivity index is 1.19. The number of carbonyl (C=O) groups excluding carboxylic acids is 2. The van der Waals surface area contributed by atoms with E-state index >= 15 is 0 Å². The average Bonchev–Trinajstić information content (AvgIpc) is 3.54. The van der Waals surface area contributed by atoms with Crippen molar-refractivity contribution in [3.63, 3.8) is 0 Å². The van der Waals surface area contributed by atoms with Gasteiger partial charge in [0.05, 0.1) is 26.0 Å². The Kier molecular flexibility index (Phi) is 8.75. The molecule has 40 heavy (non-hydrogen) atoms. The second kappa shape index (κ2) is 12.8. The molecule has 1 atom stereocenters. The molecule has 1 unspecified atom stereocenters. The zero-order chi connectivity index (χ0) is 27.9. The number of carbonyl (C=O) groups is 2. The van der Waals surface area contributed by atoms with Gasteiger partial charge in [0, 0.05) is 50.5 Å². The largest absolute Gasteiger partial charge is 0.497 e. The van der Waals surface area contributed by atoms with Gasteiger partial charge >= 0.3 is 0 Å². The summed E-state index contributed by atoms with van der Waals surface area (Å²) in [5, 5.41) is 8.84. The van der Waals surface area contributed by atoms with Crippen molar-refractivity contribution in [3.8, 4) is 22.8 Å². The summed E-state index contributed by atoms with van der Waals surface area (Å²) in [6.45, 7) is 3.44. The van der Waals surface area contributed by atoms with Crippen molar-refractivity contribution in [1.29, 1.82) is 0 Å². The van der Waals surface area contributed by atoms with Crippen molar-refractivity contribution in [2.75, 3.05) is 65.0 Å². The van der Waals surface area contributed by atoms with Crippen molar-refractivity contribution >= 4 is 17.6 Å². The first kappa shape index (κ1) is 27.4. The molecule has 0 saturated carbocycles. The maximum atomic E-state index is 13.4. The lowest BCUT2D eigenvalue weighted by Gasteiger charge is -2.36. The van der Waals surface area contributed by atoms with Gasteiger partial charge in [-0.25, -0.2) is 0 Å². The van der Waals surface area contributed by atoms with E-state index in [1.54, 1.807) is 43.4 Å². The number of methoxy groups -OCH3 is 2. The van der Waals surface area contributed by atoms with Gasteiger partial charge in [0.15, 0.2) is 5.82 Å². The molecular weight excluding hydrogens is 510 g/mol. The van der Waals surface area contributed by atoms with E-state index in [-0.39, 0.29) is 24.5 Å². The van der Waals surface area contributed by atoms with Gasteiger partial charge in [0.1, 0.15) is 18.0 Å². The van der Waals surface area contributed by atoms with Gasteiger partial charge in [0.2, 0.25) is 5.91 Å². The van der Waals surface area contributed by atoms with Gasteiger partial charge in [-0.1, -0.05) is 6.07 Å². The number of amides is 2. The van der Waals surface area contributed by atoms with E-state index in [2.05, 4.69) is 15.1 Å². The summed E-state index contributed by atoms with van der Waals surface area (Å²) in [5.74, 6) is 1.90. The highest BCUT2D eigenvalue weighted by Gasteiger charge is 2.29. The molecule has 5 rings (SSSR count). The van der Waals surface area contributed by atoms with Crippen LogP contribution in [0.3, 0.4) is 0 Å². The fourth-order valence-electron chi connectivity index (χ4n) is 5.05. The SMILES string of the molecule is COc1ccc(-c2ccc(N3CCN(C(=O)CN(CC4CCCO4)C(=O)c4cccc(OC)c4)CC3)nn2)cc1. The highest BCUT2D eigenvalue weighted by molar-refractivity contribution is 5.97. The van der Waals surface area contributed by atoms with E-state index in [1.807, 2.05) is 41.3 Å². The van der Waals surface area contributed by atoms with Gasteiger partial charge in [0.25, 0.3) is 5.91 Å². The van der Waals surface area contributed by atoms with E-state index in [1.165, 1.54) is 0 Å². The number of hydrogen-bond donors (Lipinski definition) is 0. The van der Waals surface area contributed by atoms with Crippen molar-refractivity contribution in [3.05, 3.63) is 66.2 Å². The molecule has 2 aliphatic rings. The third kappa shape index (κ3) is 6.51. The first-order chi connectivity index (χ1) is 19.5. The third-order valence-corrected chi connectivity index (χ3v) is 7.37. The predicted octanol–water partition coefficient (Wildman–Crippen LogP) is 3.13. The number of anilines is 1. The topological polar surface area (TPSA) is 97.3 Å². The summed E-state index contributed by atoms with van der Waals surface area (Å²) < 4.78 is 16.3. The van der Waals surface area contributed by atoms with Crippen molar-refractivity contribution < 1.29 is 23.8 Å². The minimum atomic E-state index is -0.200. The maximum absolute atomic E-state index is 13.4. The Hall–Kier alpha value is -4.18. The van der Waals surface area contributed by atoms with Crippen LogP contribution in [0, 0.1) is 0 Å². The summed E-state index contributed by atoms with van der Waals surface area (Å²) >= 11 is 0. The van der Waals surface area contributed by atoms with Crippen LogP contribution in [0.2, 0.25) is 0 Å². The molecule has 3 aromatic rings. The van der Waals surface area contributed by atoms with Gasteiger partial charge in [-0.2, -0.15) is 0 Å². The van der Waals surface area contributed by atoms with Gasteiger partial charge in [-0.3, -0.25) is 9.59 Å². The number of piperazine rings is 1. The van der Waals surface area contributed by atoms with Crippen LogP contribution in [0.25, 0.3) is 11.3 Å². The Labute approximate surface area is 234 Å². The van der Waals surface area contributed by atoms with Gasteiger partial charge in [-0.05, 0) is 67.4 Å². The van der Waals surface area contributed by atoms with E-state index < -0.39 is 0 Å². The standard InChI is InChI=1S/C30H35N5O5/c1-38-24-10-8-22(9-11-24)27-12-13-28(32-31-27)33-14-16-34(17-15-33)29(36)21-35(20-26-7-4-18-40-26)30(37)23-5-3-6-25(19-23)39-2/h3,5-6,8-13,19,26H,4,7,14-18,20-21H2,1-2H3.